The highest BCUT2D eigenvalue weighted by atomic mass is 16.5. The summed E-state index contributed by atoms with van der Waals surface area (Å²) in [6.45, 7) is 5.49. The summed E-state index contributed by atoms with van der Waals surface area (Å²) >= 11 is 0. The number of nitrogens with one attached hydrogen (secondary N) is 1. The third-order valence-electron chi connectivity index (χ3n) is 5.14. The van der Waals surface area contributed by atoms with Crippen LogP contribution in [0.15, 0.2) is 57.1 Å². The van der Waals surface area contributed by atoms with Crippen molar-refractivity contribution in [3.05, 3.63) is 74.9 Å². The molecule has 0 radical (unpaired) electrons. The predicted octanol–water partition coefficient (Wildman–Crippen LogP) is 4.78. The van der Waals surface area contributed by atoms with Crippen LogP contribution in [0.25, 0.3) is 22.0 Å². The molecule has 0 aliphatic heterocycles. The number of fused-ring (bicyclic) bond motifs is 1. The molecule has 1 unspecified atom stereocenters. The molecule has 1 N–H and O–H groups in total. The van der Waals surface area contributed by atoms with Crippen LogP contribution in [0.5, 0.6) is 0 Å². The van der Waals surface area contributed by atoms with Crippen molar-refractivity contribution in [1.82, 2.24) is 14.7 Å². The van der Waals surface area contributed by atoms with Crippen molar-refractivity contribution < 1.29 is 4.52 Å². The summed E-state index contributed by atoms with van der Waals surface area (Å²) in [6, 6.07) is 10.5. The van der Waals surface area contributed by atoms with Crippen LogP contribution in [0.4, 0.5) is 11.5 Å². The van der Waals surface area contributed by atoms with Crippen molar-refractivity contribution in [3.8, 4) is 11.1 Å². The maximum Gasteiger partial charge on any atom is 0.258 e. The van der Waals surface area contributed by atoms with Gasteiger partial charge < -0.3 is 14.4 Å². The molecule has 0 saturated heterocycles. The number of anilines is 2. The van der Waals surface area contributed by atoms with Crippen molar-refractivity contribution in [3.63, 3.8) is 0 Å². The molecule has 152 valence electrons. The van der Waals surface area contributed by atoms with E-state index in [9.17, 15) is 9.70 Å². The van der Waals surface area contributed by atoms with E-state index in [1.54, 1.807) is 30.8 Å². The summed E-state index contributed by atoms with van der Waals surface area (Å²) < 4.78 is 6.80. The Morgan fingerprint density at radius 1 is 1.13 bits per heavy atom. The minimum Gasteiger partial charge on any atom is -0.357 e. The first-order valence-electron chi connectivity index (χ1n) is 9.51. The molecule has 30 heavy (non-hydrogen) atoms. The van der Waals surface area contributed by atoms with E-state index in [0.29, 0.717) is 17.1 Å². The van der Waals surface area contributed by atoms with Gasteiger partial charge in [-0.15, -0.1) is 0 Å². The SMILES string of the molecule is Cc1cc2c(cn1)cc(-c1cc(Nc3cc(C(C)N=O)on3)ccc1C)c(=O)n2C. The Balaban J connectivity index is 1.76. The molecule has 0 aliphatic carbocycles. The molecule has 8 heteroatoms. The number of pyridine rings is 2. The first kappa shape index (κ1) is 19.5. The Bertz CT molecular complexity index is 1320. The molecule has 0 fully saturated rings. The highest BCUT2D eigenvalue weighted by Crippen LogP contribution is 2.29. The standard InChI is InChI=1S/C22H21N5O3/c1-12-5-6-16(24-21-10-20(30-26-21)14(3)25-29)9-17(12)18-8-15-11-23-13(2)7-19(15)27(4)22(18)28/h5-11,14H,1-4H3,(H,24,26). The van der Waals surface area contributed by atoms with Gasteiger partial charge in [-0.25, -0.2) is 0 Å². The summed E-state index contributed by atoms with van der Waals surface area (Å²) in [5, 5.41) is 10.9. The fourth-order valence-electron chi connectivity index (χ4n) is 3.39. The number of hydrogen-bond donors (Lipinski definition) is 1. The molecule has 1 atom stereocenters. The molecule has 3 aromatic heterocycles. The number of aromatic nitrogens is 3. The van der Waals surface area contributed by atoms with Crippen molar-refractivity contribution in [2.24, 2.45) is 12.2 Å². The molecule has 0 spiro atoms. The van der Waals surface area contributed by atoms with Gasteiger partial charge in [0.05, 0.1) is 5.52 Å². The molecule has 8 nitrogen and oxygen atoms in total. The Morgan fingerprint density at radius 3 is 2.70 bits per heavy atom. The Labute approximate surface area is 172 Å². The largest absolute Gasteiger partial charge is 0.357 e. The lowest BCUT2D eigenvalue weighted by molar-refractivity contribution is 0.370. The topological polar surface area (TPSA) is 102 Å². The van der Waals surface area contributed by atoms with Gasteiger partial charge >= 0.3 is 0 Å². The van der Waals surface area contributed by atoms with E-state index in [1.807, 2.05) is 44.2 Å². The van der Waals surface area contributed by atoms with Crippen LogP contribution in [0, 0.1) is 18.8 Å². The van der Waals surface area contributed by atoms with E-state index < -0.39 is 6.04 Å². The first-order valence-corrected chi connectivity index (χ1v) is 9.51. The van der Waals surface area contributed by atoms with Crippen LogP contribution in [0.2, 0.25) is 0 Å². The van der Waals surface area contributed by atoms with Crippen LogP contribution in [0.1, 0.15) is 30.0 Å². The second-order valence-electron chi connectivity index (χ2n) is 7.36. The molecule has 0 amide bonds. The van der Waals surface area contributed by atoms with Gasteiger partial charge in [0.25, 0.3) is 5.56 Å². The fraction of sp³-hybridized carbons (Fsp3) is 0.227. The zero-order chi connectivity index (χ0) is 21.4. The quantitative estimate of drug-likeness (QED) is 0.481. The summed E-state index contributed by atoms with van der Waals surface area (Å²) in [5.41, 5.74) is 4.74. The number of rotatable bonds is 5. The highest BCUT2D eigenvalue weighted by Gasteiger charge is 2.15. The molecule has 3 heterocycles. The van der Waals surface area contributed by atoms with Crippen molar-refractivity contribution in [1.29, 1.82) is 0 Å². The fourth-order valence-corrected chi connectivity index (χ4v) is 3.39. The molecule has 1 aromatic carbocycles. The Morgan fingerprint density at radius 2 is 1.93 bits per heavy atom. The van der Waals surface area contributed by atoms with E-state index in [4.69, 9.17) is 4.52 Å². The van der Waals surface area contributed by atoms with E-state index in [1.165, 1.54) is 0 Å². The molecule has 4 aromatic rings. The zero-order valence-corrected chi connectivity index (χ0v) is 17.1. The van der Waals surface area contributed by atoms with Crippen LogP contribution in [-0.2, 0) is 7.05 Å². The molecular weight excluding hydrogens is 382 g/mol. The number of nitrogens with zero attached hydrogens (tertiary/aromatic N) is 4. The molecular formula is C22H21N5O3. The Kier molecular flexibility index (Phi) is 4.91. The zero-order valence-electron chi connectivity index (χ0n) is 17.1. The van der Waals surface area contributed by atoms with Gasteiger partial charge in [0.15, 0.2) is 11.6 Å². The summed E-state index contributed by atoms with van der Waals surface area (Å²) in [7, 11) is 1.77. The second-order valence-corrected chi connectivity index (χ2v) is 7.36. The van der Waals surface area contributed by atoms with E-state index in [-0.39, 0.29) is 5.56 Å². The van der Waals surface area contributed by atoms with Gasteiger partial charge in [0, 0.05) is 41.6 Å². The highest BCUT2D eigenvalue weighted by molar-refractivity contribution is 5.85. The third kappa shape index (κ3) is 3.47. The number of aryl methyl sites for hydroxylation is 3. The second kappa shape index (κ2) is 7.55. The molecule has 0 bridgehead atoms. The maximum absolute atomic E-state index is 13.1. The van der Waals surface area contributed by atoms with Crippen molar-refractivity contribution in [2.75, 3.05) is 5.32 Å². The smallest absolute Gasteiger partial charge is 0.258 e. The molecule has 0 saturated carbocycles. The van der Waals surface area contributed by atoms with Gasteiger partial charge in [0.2, 0.25) is 0 Å². The monoisotopic (exact) mass is 403 g/mol. The summed E-state index contributed by atoms with van der Waals surface area (Å²) in [5.74, 6) is 0.840. The van der Waals surface area contributed by atoms with E-state index >= 15 is 0 Å². The summed E-state index contributed by atoms with van der Waals surface area (Å²) in [4.78, 5) is 28.1. The van der Waals surface area contributed by atoms with E-state index in [0.717, 1.165) is 33.4 Å². The van der Waals surface area contributed by atoms with Crippen LogP contribution >= 0.6 is 0 Å². The average Bonchev–Trinajstić information content (AvgIpc) is 3.20. The number of hydrogen-bond acceptors (Lipinski definition) is 7. The van der Waals surface area contributed by atoms with Crippen molar-refractivity contribution in [2.45, 2.75) is 26.8 Å². The van der Waals surface area contributed by atoms with E-state index in [2.05, 4.69) is 20.6 Å². The molecule has 0 aliphatic rings. The lowest BCUT2D eigenvalue weighted by Crippen LogP contribution is -2.19. The van der Waals surface area contributed by atoms with Crippen LogP contribution in [0.3, 0.4) is 0 Å². The maximum atomic E-state index is 13.1. The third-order valence-corrected chi connectivity index (χ3v) is 5.14. The van der Waals surface area contributed by atoms with Crippen LogP contribution < -0.4 is 10.9 Å². The number of benzene rings is 1. The van der Waals surface area contributed by atoms with Crippen LogP contribution in [-0.4, -0.2) is 14.7 Å². The van der Waals surface area contributed by atoms with Gasteiger partial charge in [-0.3, -0.25) is 9.78 Å². The van der Waals surface area contributed by atoms with Gasteiger partial charge in [-0.1, -0.05) is 16.4 Å². The lowest BCUT2D eigenvalue weighted by Gasteiger charge is -2.13. The first-order chi connectivity index (χ1) is 14.4. The van der Waals surface area contributed by atoms with Crippen molar-refractivity contribution >= 4 is 22.4 Å². The predicted molar refractivity (Wildman–Crippen MR) is 116 cm³/mol. The van der Waals surface area contributed by atoms with Gasteiger partial charge in [0.1, 0.15) is 6.04 Å². The minimum absolute atomic E-state index is 0.0806. The summed E-state index contributed by atoms with van der Waals surface area (Å²) in [6.07, 6.45) is 1.78. The van der Waals surface area contributed by atoms with Gasteiger partial charge in [-0.2, -0.15) is 4.91 Å². The normalized spacial score (nSPS) is 12.1. The van der Waals surface area contributed by atoms with Gasteiger partial charge in [-0.05, 0) is 56.2 Å². The average molecular weight is 403 g/mol. The lowest BCUT2D eigenvalue weighted by atomic mass is 9.99. The molecule has 4 rings (SSSR count). The Hall–Kier alpha value is -3.81. The minimum atomic E-state index is -0.612. The number of nitroso groups, excluding NO2 is 1.